The topological polar surface area (TPSA) is 38.9 Å². The molecule has 1 aromatic rings. The molecule has 13 heavy (non-hydrogen) atoms. The van der Waals surface area contributed by atoms with Crippen LogP contribution in [0.25, 0.3) is 0 Å². The quantitative estimate of drug-likeness (QED) is 0.802. The number of hydrogen-bond acceptors (Lipinski definition) is 3. The Morgan fingerprint density at radius 3 is 2.69 bits per heavy atom. The van der Waals surface area contributed by atoms with Crippen molar-refractivity contribution < 1.29 is 0 Å². The molecule has 0 aliphatic rings. The van der Waals surface area contributed by atoms with Gasteiger partial charge in [0.05, 0.1) is 10.9 Å². The normalized spacial score (nSPS) is 13.2. The third-order valence-corrected chi connectivity index (χ3v) is 2.97. The van der Waals surface area contributed by atoms with Gasteiger partial charge in [0.2, 0.25) is 0 Å². The van der Waals surface area contributed by atoms with Crippen LogP contribution >= 0.6 is 11.8 Å². The summed E-state index contributed by atoms with van der Waals surface area (Å²) in [4.78, 5) is 4.30. The molecule has 0 aliphatic heterocycles. The Morgan fingerprint density at radius 2 is 2.23 bits per heavy atom. The Bertz CT molecular complexity index is 236. The summed E-state index contributed by atoms with van der Waals surface area (Å²) in [6.45, 7) is 5.01. The summed E-state index contributed by atoms with van der Waals surface area (Å²) in [5, 5.41) is 0.928. The molecule has 0 aromatic carbocycles. The lowest BCUT2D eigenvalue weighted by Gasteiger charge is -2.15. The summed E-state index contributed by atoms with van der Waals surface area (Å²) in [6, 6.07) is 5.97. The van der Waals surface area contributed by atoms with E-state index in [2.05, 4.69) is 18.8 Å². The van der Waals surface area contributed by atoms with Crippen LogP contribution in [0, 0.1) is 0 Å². The second kappa shape index (κ2) is 5.25. The molecule has 1 unspecified atom stereocenters. The molecule has 0 amide bonds. The minimum absolute atomic E-state index is 0.334. The second-order valence-electron chi connectivity index (χ2n) is 3.16. The van der Waals surface area contributed by atoms with Crippen molar-refractivity contribution in [3.05, 3.63) is 30.1 Å². The predicted octanol–water partition coefficient (Wildman–Crippen LogP) is 2.22. The molecule has 0 saturated heterocycles. The standard InChI is InChI=1S/C10H16N2S/c1-8(2)13-10(7-11)9-5-3-4-6-12-9/h3-6,8,10H,7,11H2,1-2H3. The van der Waals surface area contributed by atoms with E-state index in [1.54, 1.807) is 0 Å². The van der Waals surface area contributed by atoms with Gasteiger partial charge in [-0.15, -0.1) is 11.8 Å². The molecule has 2 nitrogen and oxygen atoms in total. The van der Waals surface area contributed by atoms with E-state index in [1.807, 2.05) is 36.2 Å². The molecule has 1 heterocycles. The molecule has 1 atom stereocenters. The third-order valence-electron chi connectivity index (χ3n) is 1.67. The van der Waals surface area contributed by atoms with Gasteiger partial charge in [-0.2, -0.15) is 0 Å². The molecule has 1 aromatic heterocycles. The summed E-state index contributed by atoms with van der Waals surface area (Å²) in [5.74, 6) is 0. The van der Waals surface area contributed by atoms with Crippen molar-refractivity contribution in [1.82, 2.24) is 4.98 Å². The lowest BCUT2D eigenvalue weighted by molar-refractivity contribution is 0.889. The average Bonchev–Trinajstić information content (AvgIpc) is 2.15. The molecule has 72 valence electrons. The molecule has 0 bridgehead atoms. The van der Waals surface area contributed by atoms with Gasteiger partial charge in [0.25, 0.3) is 0 Å². The molecule has 0 aliphatic carbocycles. The van der Waals surface area contributed by atoms with Crippen molar-refractivity contribution in [3.8, 4) is 0 Å². The van der Waals surface area contributed by atoms with Crippen LogP contribution in [0.5, 0.6) is 0 Å². The van der Waals surface area contributed by atoms with Crippen molar-refractivity contribution in [2.75, 3.05) is 6.54 Å². The fourth-order valence-electron chi connectivity index (χ4n) is 1.14. The van der Waals surface area contributed by atoms with Crippen molar-refractivity contribution in [3.63, 3.8) is 0 Å². The SMILES string of the molecule is CC(C)SC(CN)c1ccccn1. The smallest absolute Gasteiger partial charge is 0.0594 e. The van der Waals surface area contributed by atoms with Gasteiger partial charge in [-0.05, 0) is 17.4 Å². The maximum atomic E-state index is 5.69. The van der Waals surface area contributed by atoms with Gasteiger partial charge < -0.3 is 5.73 Å². The number of aromatic nitrogens is 1. The highest BCUT2D eigenvalue weighted by Crippen LogP contribution is 2.29. The van der Waals surface area contributed by atoms with E-state index in [0.717, 1.165) is 5.69 Å². The fraction of sp³-hybridized carbons (Fsp3) is 0.500. The largest absolute Gasteiger partial charge is 0.329 e. The Morgan fingerprint density at radius 1 is 1.46 bits per heavy atom. The van der Waals surface area contributed by atoms with Crippen LogP contribution in [-0.4, -0.2) is 16.8 Å². The summed E-state index contributed by atoms with van der Waals surface area (Å²) < 4.78 is 0. The van der Waals surface area contributed by atoms with Crippen LogP contribution in [0.3, 0.4) is 0 Å². The van der Waals surface area contributed by atoms with Gasteiger partial charge in [0.15, 0.2) is 0 Å². The Labute approximate surface area is 83.9 Å². The van der Waals surface area contributed by atoms with Gasteiger partial charge in [-0.3, -0.25) is 4.98 Å². The van der Waals surface area contributed by atoms with Gasteiger partial charge in [0, 0.05) is 12.7 Å². The van der Waals surface area contributed by atoms with Gasteiger partial charge in [-0.25, -0.2) is 0 Å². The number of nitrogens with zero attached hydrogens (tertiary/aromatic N) is 1. The average molecular weight is 196 g/mol. The highest BCUT2D eigenvalue weighted by molar-refractivity contribution is 8.00. The lowest BCUT2D eigenvalue weighted by Crippen LogP contribution is -2.12. The van der Waals surface area contributed by atoms with Crippen LogP contribution < -0.4 is 5.73 Å². The molecular weight excluding hydrogens is 180 g/mol. The zero-order chi connectivity index (χ0) is 9.68. The first-order valence-electron chi connectivity index (χ1n) is 4.50. The van der Waals surface area contributed by atoms with Crippen molar-refractivity contribution in [2.24, 2.45) is 5.73 Å². The van der Waals surface area contributed by atoms with Crippen LogP contribution in [0.1, 0.15) is 24.8 Å². The van der Waals surface area contributed by atoms with E-state index in [1.165, 1.54) is 0 Å². The summed E-state index contributed by atoms with van der Waals surface area (Å²) >= 11 is 1.87. The van der Waals surface area contributed by atoms with Gasteiger partial charge >= 0.3 is 0 Å². The predicted molar refractivity (Wildman–Crippen MR) is 58.8 cm³/mol. The van der Waals surface area contributed by atoms with Gasteiger partial charge in [-0.1, -0.05) is 19.9 Å². The number of pyridine rings is 1. The Kier molecular flexibility index (Phi) is 4.25. The monoisotopic (exact) mass is 196 g/mol. The van der Waals surface area contributed by atoms with Crippen LogP contribution in [-0.2, 0) is 0 Å². The first-order valence-corrected chi connectivity index (χ1v) is 5.44. The summed E-state index contributed by atoms with van der Waals surface area (Å²) in [5.41, 5.74) is 6.78. The van der Waals surface area contributed by atoms with E-state index in [-0.39, 0.29) is 0 Å². The number of thioether (sulfide) groups is 1. The minimum Gasteiger partial charge on any atom is -0.329 e. The Hall–Kier alpha value is -0.540. The molecular formula is C10H16N2S. The molecule has 0 spiro atoms. The highest BCUT2D eigenvalue weighted by atomic mass is 32.2. The number of nitrogens with two attached hydrogens (primary N) is 1. The van der Waals surface area contributed by atoms with E-state index in [9.17, 15) is 0 Å². The van der Waals surface area contributed by atoms with E-state index in [0.29, 0.717) is 17.0 Å². The zero-order valence-electron chi connectivity index (χ0n) is 8.10. The van der Waals surface area contributed by atoms with Crippen LogP contribution in [0.15, 0.2) is 24.4 Å². The molecule has 0 radical (unpaired) electrons. The number of hydrogen-bond donors (Lipinski definition) is 1. The highest BCUT2D eigenvalue weighted by Gasteiger charge is 2.12. The van der Waals surface area contributed by atoms with Crippen LogP contribution in [0.2, 0.25) is 0 Å². The van der Waals surface area contributed by atoms with Crippen molar-refractivity contribution in [2.45, 2.75) is 24.3 Å². The van der Waals surface area contributed by atoms with E-state index >= 15 is 0 Å². The lowest BCUT2D eigenvalue weighted by atomic mass is 10.3. The Balaban J connectivity index is 2.67. The summed E-state index contributed by atoms with van der Waals surface area (Å²) in [7, 11) is 0. The van der Waals surface area contributed by atoms with Crippen molar-refractivity contribution >= 4 is 11.8 Å². The number of rotatable bonds is 4. The zero-order valence-corrected chi connectivity index (χ0v) is 8.92. The summed E-state index contributed by atoms with van der Waals surface area (Å²) in [6.07, 6.45) is 1.82. The molecule has 2 N–H and O–H groups in total. The first kappa shape index (κ1) is 10.5. The fourth-order valence-corrected chi connectivity index (χ4v) is 2.19. The minimum atomic E-state index is 0.334. The maximum absolute atomic E-state index is 5.69. The first-order chi connectivity index (χ1) is 6.24. The van der Waals surface area contributed by atoms with Crippen LogP contribution in [0.4, 0.5) is 0 Å². The molecule has 3 heteroatoms. The third kappa shape index (κ3) is 3.36. The van der Waals surface area contributed by atoms with Gasteiger partial charge in [0.1, 0.15) is 0 Å². The van der Waals surface area contributed by atoms with Crippen molar-refractivity contribution in [1.29, 1.82) is 0 Å². The second-order valence-corrected chi connectivity index (χ2v) is 4.95. The van der Waals surface area contributed by atoms with E-state index in [4.69, 9.17) is 5.73 Å². The molecule has 1 rings (SSSR count). The van der Waals surface area contributed by atoms with E-state index < -0.39 is 0 Å². The maximum Gasteiger partial charge on any atom is 0.0594 e. The molecule has 0 fully saturated rings. The molecule has 0 saturated carbocycles.